The van der Waals surface area contributed by atoms with E-state index in [2.05, 4.69) is 11.5 Å². The van der Waals surface area contributed by atoms with E-state index in [1.165, 1.54) is 7.11 Å². The number of esters is 1. The molecule has 0 aromatic carbocycles. The second kappa shape index (κ2) is 7.45. The van der Waals surface area contributed by atoms with Crippen molar-refractivity contribution >= 4 is 5.97 Å². The lowest BCUT2D eigenvalue weighted by Gasteiger charge is -2.32. The third-order valence-corrected chi connectivity index (χ3v) is 3.21. The first kappa shape index (κ1) is 14.2. The van der Waals surface area contributed by atoms with Gasteiger partial charge in [0.1, 0.15) is 0 Å². The number of rotatable bonds is 6. The summed E-state index contributed by atoms with van der Waals surface area (Å²) < 4.78 is 4.77. The molecule has 0 aliphatic carbocycles. The van der Waals surface area contributed by atoms with Crippen LogP contribution in [0.4, 0.5) is 0 Å². The highest BCUT2D eigenvalue weighted by Gasteiger charge is 2.27. The Bertz CT molecular complexity index is 255. The topological polar surface area (TPSA) is 49.8 Å². The minimum Gasteiger partial charge on any atom is -0.469 e. The maximum atomic E-state index is 11.4. The maximum Gasteiger partial charge on any atom is 0.309 e. The lowest BCUT2D eigenvalue weighted by atomic mass is 9.97. The summed E-state index contributed by atoms with van der Waals surface area (Å²) in [6.45, 7) is 5.94. The standard InChI is InChI=1S/C13H23NO3/c1-3-4-7-12(15)10-14-8-5-6-11(9-14)13(16)17-2/h3,11-12,15H,1,4-10H2,2H3. The van der Waals surface area contributed by atoms with Crippen LogP contribution >= 0.6 is 0 Å². The fourth-order valence-corrected chi connectivity index (χ4v) is 2.28. The quantitative estimate of drug-likeness (QED) is 0.561. The third-order valence-electron chi connectivity index (χ3n) is 3.21. The van der Waals surface area contributed by atoms with E-state index >= 15 is 0 Å². The summed E-state index contributed by atoms with van der Waals surface area (Å²) >= 11 is 0. The van der Waals surface area contributed by atoms with Crippen LogP contribution in [0.1, 0.15) is 25.7 Å². The molecule has 17 heavy (non-hydrogen) atoms. The Morgan fingerprint density at radius 3 is 3.12 bits per heavy atom. The van der Waals surface area contributed by atoms with E-state index in [0.717, 1.165) is 32.2 Å². The molecule has 1 N–H and O–H groups in total. The summed E-state index contributed by atoms with van der Waals surface area (Å²) in [6, 6.07) is 0. The van der Waals surface area contributed by atoms with Gasteiger partial charge in [-0.1, -0.05) is 6.08 Å². The van der Waals surface area contributed by atoms with E-state index in [1.54, 1.807) is 0 Å². The van der Waals surface area contributed by atoms with Crippen molar-refractivity contribution in [2.24, 2.45) is 5.92 Å². The summed E-state index contributed by atoms with van der Waals surface area (Å²) in [5.41, 5.74) is 0. The molecular formula is C13H23NO3. The van der Waals surface area contributed by atoms with Gasteiger partial charge in [-0.05, 0) is 32.2 Å². The largest absolute Gasteiger partial charge is 0.469 e. The normalized spacial score (nSPS) is 23.1. The van der Waals surface area contributed by atoms with Crippen LogP contribution in [0.3, 0.4) is 0 Å². The molecule has 98 valence electrons. The summed E-state index contributed by atoms with van der Waals surface area (Å²) in [5.74, 6) is -0.157. The first-order chi connectivity index (χ1) is 8.17. The number of allylic oxidation sites excluding steroid dienone is 1. The zero-order chi connectivity index (χ0) is 12.7. The molecule has 1 fully saturated rings. The van der Waals surface area contributed by atoms with Gasteiger partial charge in [-0.15, -0.1) is 6.58 Å². The highest BCUT2D eigenvalue weighted by atomic mass is 16.5. The molecule has 0 bridgehead atoms. The molecular weight excluding hydrogens is 218 g/mol. The van der Waals surface area contributed by atoms with Gasteiger partial charge >= 0.3 is 5.97 Å². The van der Waals surface area contributed by atoms with Gasteiger partial charge in [0.25, 0.3) is 0 Å². The molecule has 0 amide bonds. The lowest BCUT2D eigenvalue weighted by molar-refractivity contribution is -0.147. The van der Waals surface area contributed by atoms with Crippen molar-refractivity contribution < 1.29 is 14.6 Å². The number of carbonyl (C=O) groups excluding carboxylic acids is 1. The number of hydrogen-bond acceptors (Lipinski definition) is 4. The number of carbonyl (C=O) groups is 1. The van der Waals surface area contributed by atoms with Crippen molar-refractivity contribution in [1.29, 1.82) is 0 Å². The van der Waals surface area contributed by atoms with Crippen molar-refractivity contribution in [3.63, 3.8) is 0 Å². The fraction of sp³-hybridized carbons (Fsp3) is 0.769. The number of piperidine rings is 1. The molecule has 0 spiro atoms. The molecule has 2 unspecified atom stereocenters. The Balaban J connectivity index is 2.33. The van der Waals surface area contributed by atoms with Crippen LogP contribution in [0.25, 0.3) is 0 Å². The Morgan fingerprint density at radius 2 is 2.47 bits per heavy atom. The van der Waals surface area contributed by atoms with Crippen LogP contribution in [-0.4, -0.2) is 48.8 Å². The minimum absolute atomic E-state index is 0.0274. The number of ether oxygens (including phenoxy) is 1. The van der Waals surface area contributed by atoms with Gasteiger partial charge in [0, 0.05) is 13.1 Å². The average Bonchev–Trinajstić information content (AvgIpc) is 2.35. The Kier molecular flexibility index (Phi) is 6.22. The highest BCUT2D eigenvalue weighted by molar-refractivity contribution is 5.72. The Morgan fingerprint density at radius 1 is 1.71 bits per heavy atom. The van der Waals surface area contributed by atoms with Crippen molar-refractivity contribution in [1.82, 2.24) is 4.90 Å². The predicted molar refractivity (Wildman–Crippen MR) is 66.6 cm³/mol. The molecule has 2 atom stereocenters. The van der Waals surface area contributed by atoms with E-state index in [1.807, 2.05) is 6.08 Å². The van der Waals surface area contributed by atoms with Gasteiger partial charge in [-0.3, -0.25) is 9.69 Å². The predicted octanol–water partition coefficient (Wildman–Crippen LogP) is 1.20. The van der Waals surface area contributed by atoms with Gasteiger partial charge in [0.05, 0.1) is 19.1 Å². The van der Waals surface area contributed by atoms with Crippen LogP contribution < -0.4 is 0 Å². The maximum absolute atomic E-state index is 11.4. The first-order valence-corrected chi connectivity index (χ1v) is 6.26. The Hall–Kier alpha value is -0.870. The molecule has 4 heteroatoms. The zero-order valence-corrected chi connectivity index (χ0v) is 10.6. The van der Waals surface area contributed by atoms with Crippen LogP contribution in [0.2, 0.25) is 0 Å². The van der Waals surface area contributed by atoms with Gasteiger partial charge in [-0.25, -0.2) is 0 Å². The molecule has 0 radical (unpaired) electrons. The number of methoxy groups -OCH3 is 1. The first-order valence-electron chi connectivity index (χ1n) is 6.26. The number of β-amino-alcohol motifs (C(OH)–C–C–N with tert-alkyl or cyclic N) is 1. The number of likely N-dealkylation sites (tertiary alicyclic amines) is 1. The monoisotopic (exact) mass is 241 g/mol. The number of aliphatic hydroxyl groups excluding tert-OH is 1. The summed E-state index contributed by atoms with van der Waals surface area (Å²) in [4.78, 5) is 13.6. The van der Waals surface area contributed by atoms with Crippen LogP contribution in [-0.2, 0) is 9.53 Å². The van der Waals surface area contributed by atoms with E-state index in [4.69, 9.17) is 4.74 Å². The summed E-state index contributed by atoms with van der Waals surface area (Å²) in [7, 11) is 1.43. The Labute approximate surface area is 103 Å². The molecule has 1 aliphatic rings. The van der Waals surface area contributed by atoms with E-state index < -0.39 is 0 Å². The molecule has 1 heterocycles. The van der Waals surface area contributed by atoms with Gasteiger partial charge in [0.2, 0.25) is 0 Å². The SMILES string of the molecule is C=CCCC(O)CN1CCCC(C(=O)OC)C1. The van der Waals surface area contributed by atoms with Crippen molar-refractivity contribution in [2.45, 2.75) is 31.8 Å². The fourth-order valence-electron chi connectivity index (χ4n) is 2.28. The van der Waals surface area contributed by atoms with Crippen LogP contribution in [0.5, 0.6) is 0 Å². The minimum atomic E-state index is -0.329. The molecule has 1 rings (SSSR count). The lowest BCUT2D eigenvalue weighted by Crippen LogP contribution is -2.42. The van der Waals surface area contributed by atoms with Crippen molar-refractivity contribution in [3.8, 4) is 0 Å². The zero-order valence-electron chi connectivity index (χ0n) is 10.6. The molecule has 0 aromatic heterocycles. The molecule has 0 aromatic rings. The average molecular weight is 241 g/mol. The second-order valence-electron chi connectivity index (χ2n) is 4.64. The van der Waals surface area contributed by atoms with Gasteiger partial charge in [-0.2, -0.15) is 0 Å². The van der Waals surface area contributed by atoms with Crippen LogP contribution in [0, 0.1) is 5.92 Å². The van der Waals surface area contributed by atoms with Gasteiger partial charge in [0.15, 0.2) is 0 Å². The highest BCUT2D eigenvalue weighted by Crippen LogP contribution is 2.18. The molecule has 4 nitrogen and oxygen atoms in total. The number of hydrogen-bond donors (Lipinski definition) is 1. The second-order valence-corrected chi connectivity index (χ2v) is 4.64. The molecule has 1 saturated heterocycles. The van der Waals surface area contributed by atoms with Crippen molar-refractivity contribution in [2.75, 3.05) is 26.7 Å². The smallest absolute Gasteiger partial charge is 0.309 e. The summed E-state index contributed by atoms with van der Waals surface area (Å²) in [5, 5.41) is 9.81. The number of nitrogens with zero attached hydrogens (tertiary/aromatic N) is 1. The van der Waals surface area contributed by atoms with E-state index in [0.29, 0.717) is 13.1 Å². The van der Waals surface area contributed by atoms with Crippen molar-refractivity contribution in [3.05, 3.63) is 12.7 Å². The third kappa shape index (κ3) is 4.88. The van der Waals surface area contributed by atoms with Crippen LogP contribution in [0.15, 0.2) is 12.7 Å². The molecule has 1 aliphatic heterocycles. The van der Waals surface area contributed by atoms with E-state index in [-0.39, 0.29) is 18.0 Å². The number of aliphatic hydroxyl groups is 1. The molecule has 0 saturated carbocycles. The summed E-state index contributed by atoms with van der Waals surface area (Å²) in [6.07, 6.45) is 4.94. The van der Waals surface area contributed by atoms with Gasteiger partial charge < -0.3 is 9.84 Å². The van der Waals surface area contributed by atoms with E-state index in [9.17, 15) is 9.90 Å².